The molecule has 0 radical (unpaired) electrons. The molecule has 2 unspecified atom stereocenters. The fourth-order valence-electron chi connectivity index (χ4n) is 1.83. The van der Waals surface area contributed by atoms with Crippen LogP contribution in [-0.4, -0.2) is 23.0 Å². The van der Waals surface area contributed by atoms with Crippen LogP contribution in [0.2, 0.25) is 0 Å². The first-order valence-electron chi connectivity index (χ1n) is 4.85. The van der Waals surface area contributed by atoms with Crippen LogP contribution in [0.15, 0.2) is 0 Å². The van der Waals surface area contributed by atoms with Gasteiger partial charge in [0.2, 0.25) is 0 Å². The highest BCUT2D eigenvalue weighted by Crippen LogP contribution is 2.19. The lowest BCUT2D eigenvalue weighted by molar-refractivity contribution is -0.123. The topological polar surface area (TPSA) is 32.3 Å². The van der Waals surface area contributed by atoms with Crippen molar-refractivity contribution in [3.8, 4) is 10.8 Å². The summed E-state index contributed by atoms with van der Waals surface area (Å²) >= 11 is 2.90. The Kier molecular flexibility index (Phi) is 4.43. The van der Waals surface area contributed by atoms with Gasteiger partial charge in [-0.1, -0.05) is 6.42 Å². The first kappa shape index (κ1) is 11.5. The summed E-state index contributed by atoms with van der Waals surface area (Å²) in [5.74, 6) is 2.16. The van der Waals surface area contributed by atoms with Crippen LogP contribution in [0.3, 0.4) is 0 Å². The Labute approximate surface area is 93.3 Å². The van der Waals surface area contributed by atoms with Gasteiger partial charge in [0.1, 0.15) is 0 Å². The van der Waals surface area contributed by atoms with Gasteiger partial charge in [-0.05, 0) is 31.5 Å². The zero-order chi connectivity index (χ0) is 10.6. The molecule has 0 saturated carbocycles. The molecule has 2 atom stereocenters. The maximum Gasteiger partial charge on any atom is 0.311 e. The lowest BCUT2D eigenvalue weighted by Gasteiger charge is -2.38. The van der Waals surface area contributed by atoms with Crippen molar-refractivity contribution in [3.05, 3.63) is 0 Å². The van der Waals surface area contributed by atoms with Gasteiger partial charge >= 0.3 is 5.91 Å². The monoisotopic (exact) mass is 258 g/mol. The SMILES string of the molecule is CC1CCCC(C)N1NC(=O)C#CBr. The van der Waals surface area contributed by atoms with Crippen molar-refractivity contribution in [1.82, 2.24) is 10.4 Å². The number of hydrogen-bond donors (Lipinski definition) is 1. The molecule has 78 valence electrons. The molecule has 4 heteroatoms. The number of nitrogens with zero attached hydrogens (tertiary/aromatic N) is 1. The summed E-state index contributed by atoms with van der Waals surface area (Å²) in [5.41, 5.74) is 2.81. The molecule has 1 aliphatic rings. The molecule has 0 spiro atoms. The summed E-state index contributed by atoms with van der Waals surface area (Å²) in [6.07, 6.45) is 3.50. The molecule has 0 bridgehead atoms. The van der Waals surface area contributed by atoms with Crippen molar-refractivity contribution in [2.24, 2.45) is 0 Å². The zero-order valence-corrected chi connectivity index (χ0v) is 10.1. The standard InChI is InChI=1S/C10H15BrN2O/c1-8-4-3-5-9(2)13(8)12-10(14)6-7-11/h8-9H,3-5H2,1-2H3,(H,12,14). The number of carbonyl (C=O) groups is 1. The van der Waals surface area contributed by atoms with Gasteiger partial charge < -0.3 is 0 Å². The molecule has 0 aliphatic carbocycles. The highest BCUT2D eigenvalue weighted by Gasteiger charge is 2.25. The third-order valence-electron chi connectivity index (χ3n) is 2.58. The first-order chi connectivity index (χ1) is 6.65. The normalized spacial score (nSPS) is 27.6. The fourth-order valence-corrected chi connectivity index (χ4v) is 2.01. The van der Waals surface area contributed by atoms with E-state index in [9.17, 15) is 4.79 Å². The summed E-state index contributed by atoms with van der Waals surface area (Å²) in [6, 6.07) is 0.805. The Balaban J connectivity index is 2.54. The molecular formula is C10H15BrN2O. The maximum atomic E-state index is 11.2. The van der Waals surface area contributed by atoms with E-state index in [-0.39, 0.29) is 5.91 Å². The van der Waals surface area contributed by atoms with Crippen LogP contribution in [0.4, 0.5) is 0 Å². The van der Waals surface area contributed by atoms with Gasteiger partial charge in [-0.3, -0.25) is 10.2 Å². The number of halogens is 1. The second-order valence-electron chi connectivity index (χ2n) is 3.70. The van der Waals surface area contributed by atoms with E-state index in [1.54, 1.807) is 0 Å². The number of amides is 1. The van der Waals surface area contributed by atoms with E-state index in [0.717, 1.165) is 12.8 Å². The quantitative estimate of drug-likeness (QED) is 0.726. The Morgan fingerprint density at radius 3 is 2.50 bits per heavy atom. The summed E-state index contributed by atoms with van der Waals surface area (Å²) in [6.45, 7) is 4.25. The van der Waals surface area contributed by atoms with E-state index in [1.807, 2.05) is 5.01 Å². The molecule has 1 amide bonds. The summed E-state index contributed by atoms with van der Waals surface area (Å²) in [5, 5.41) is 2.00. The van der Waals surface area contributed by atoms with Crippen LogP contribution < -0.4 is 5.43 Å². The van der Waals surface area contributed by atoms with E-state index < -0.39 is 0 Å². The molecule has 3 nitrogen and oxygen atoms in total. The number of carbonyl (C=O) groups excluding carboxylic acids is 1. The Morgan fingerprint density at radius 1 is 1.43 bits per heavy atom. The Morgan fingerprint density at radius 2 is 2.00 bits per heavy atom. The zero-order valence-electron chi connectivity index (χ0n) is 8.51. The molecule has 1 rings (SSSR count). The lowest BCUT2D eigenvalue weighted by Crippen LogP contribution is -2.53. The molecule has 0 aromatic carbocycles. The number of hydrazine groups is 1. The van der Waals surface area contributed by atoms with Crippen molar-refractivity contribution < 1.29 is 4.79 Å². The number of piperidine rings is 1. The van der Waals surface area contributed by atoms with Gasteiger partial charge in [0, 0.05) is 33.9 Å². The van der Waals surface area contributed by atoms with Crippen molar-refractivity contribution in [1.29, 1.82) is 0 Å². The smallest absolute Gasteiger partial charge is 0.277 e. The predicted octanol–water partition coefficient (Wildman–Crippen LogP) is 1.64. The summed E-state index contributed by atoms with van der Waals surface area (Å²) < 4.78 is 0. The van der Waals surface area contributed by atoms with Crippen LogP contribution in [0.25, 0.3) is 0 Å². The molecular weight excluding hydrogens is 244 g/mol. The average molecular weight is 259 g/mol. The second kappa shape index (κ2) is 5.38. The number of rotatable bonds is 1. The molecule has 0 aromatic rings. The average Bonchev–Trinajstić information content (AvgIpc) is 2.12. The minimum atomic E-state index is -0.248. The van der Waals surface area contributed by atoms with E-state index in [1.165, 1.54) is 6.42 Å². The van der Waals surface area contributed by atoms with Gasteiger partial charge in [0.05, 0.1) is 0 Å². The van der Waals surface area contributed by atoms with E-state index in [4.69, 9.17) is 0 Å². The van der Waals surface area contributed by atoms with Crippen LogP contribution in [0, 0.1) is 10.8 Å². The van der Waals surface area contributed by atoms with Gasteiger partial charge in [-0.25, -0.2) is 5.01 Å². The highest BCUT2D eigenvalue weighted by atomic mass is 79.9. The maximum absolute atomic E-state index is 11.2. The van der Waals surface area contributed by atoms with Crippen molar-refractivity contribution in [3.63, 3.8) is 0 Å². The molecule has 1 N–H and O–H groups in total. The Bertz CT molecular complexity index is 259. The minimum Gasteiger partial charge on any atom is -0.277 e. The molecule has 1 fully saturated rings. The number of nitrogens with one attached hydrogen (secondary N) is 1. The summed E-state index contributed by atoms with van der Waals surface area (Å²) in [4.78, 5) is 13.7. The molecule has 14 heavy (non-hydrogen) atoms. The predicted molar refractivity (Wildman–Crippen MR) is 59.5 cm³/mol. The largest absolute Gasteiger partial charge is 0.311 e. The van der Waals surface area contributed by atoms with E-state index in [0.29, 0.717) is 12.1 Å². The Hall–Kier alpha value is -0.530. The van der Waals surface area contributed by atoms with Crippen molar-refractivity contribution >= 4 is 21.8 Å². The van der Waals surface area contributed by atoms with Crippen molar-refractivity contribution in [2.75, 3.05) is 0 Å². The molecule has 1 saturated heterocycles. The van der Waals surface area contributed by atoms with Gasteiger partial charge in [-0.2, -0.15) is 0 Å². The fraction of sp³-hybridized carbons (Fsp3) is 0.700. The van der Waals surface area contributed by atoms with E-state index >= 15 is 0 Å². The third kappa shape index (κ3) is 3.00. The molecule has 1 aliphatic heterocycles. The van der Waals surface area contributed by atoms with Crippen molar-refractivity contribution in [2.45, 2.75) is 45.2 Å². The first-order valence-corrected chi connectivity index (χ1v) is 5.65. The second-order valence-corrected chi connectivity index (χ2v) is 4.09. The van der Waals surface area contributed by atoms with Gasteiger partial charge in [0.25, 0.3) is 0 Å². The molecule has 0 aromatic heterocycles. The van der Waals surface area contributed by atoms with Crippen LogP contribution in [0.1, 0.15) is 33.1 Å². The van der Waals surface area contributed by atoms with Crippen LogP contribution >= 0.6 is 15.9 Å². The van der Waals surface area contributed by atoms with E-state index in [2.05, 4.69) is 46.0 Å². The van der Waals surface area contributed by atoms with Crippen LogP contribution in [-0.2, 0) is 4.79 Å². The highest BCUT2D eigenvalue weighted by molar-refractivity contribution is 9.12. The van der Waals surface area contributed by atoms with Gasteiger partial charge in [-0.15, -0.1) is 0 Å². The van der Waals surface area contributed by atoms with Gasteiger partial charge in [0.15, 0.2) is 0 Å². The number of hydrogen-bond acceptors (Lipinski definition) is 2. The minimum absolute atomic E-state index is 0.248. The summed E-state index contributed by atoms with van der Waals surface area (Å²) in [7, 11) is 0. The molecule has 1 heterocycles. The lowest BCUT2D eigenvalue weighted by atomic mass is 10.00. The van der Waals surface area contributed by atoms with Crippen LogP contribution in [0.5, 0.6) is 0 Å². The third-order valence-corrected chi connectivity index (χ3v) is 2.78.